The Bertz CT molecular complexity index is 794. The minimum Gasteiger partial charge on any atom is -0.390 e. The molecule has 1 N–H and O–H groups in total. The number of aryl methyl sites for hydroxylation is 1. The first kappa shape index (κ1) is 17.1. The van der Waals surface area contributed by atoms with Gasteiger partial charge in [-0.15, -0.1) is 11.3 Å². The summed E-state index contributed by atoms with van der Waals surface area (Å²) in [5.74, 6) is 1.04. The van der Waals surface area contributed by atoms with E-state index in [4.69, 9.17) is 4.74 Å². The van der Waals surface area contributed by atoms with E-state index in [0.717, 1.165) is 49.9 Å². The molecule has 2 unspecified atom stereocenters. The van der Waals surface area contributed by atoms with Crippen LogP contribution in [0.25, 0.3) is 0 Å². The molecule has 1 aromatic rings. The highest BCUT2D eigenvalue weighted by Crippen LogP contribution is 2.61. The molecule has 1 amide bonds. The molecule has 2 atom stereocenters. The minimum absolute atomic E-state index is 0.0242. The van der Waals surface area contributed by atoms with Crippen molar-refractivity contribution in [3.63, 3.8) is 0 Å². The number of ether oxygens (including phenoxy) is 1. The Morgan fingerprint density at radius 2 is 2.08 bits per heavy atom. The molecular weight excluding hydrogens is 348 g/mol. The number of methoxy groups -OCH3 is 1. The lowest BCUT2D eigenvalue weighted by atomic mass is 9.47. The quantitative estimate of drug-likeness (QED) is 0.878. The summed E-state index contributed by atoms with van der Waals surface area (Å²) in [6.45, 7) is 1.40. The zero-order valence-corrected chi connectivity index (χ0v) is 16.3. The predicted octanol–water partition coefficient (Wildman–Crippen LogP) is 2.44. The topological polar surface area (TPSA) is 63.8 Å². The second-order valence-corrected chi connectivity index (χ2v) is 10.2. The van der Waals surface area contributed by atoms with Crippen molar-refractivity contribution in [2.45, 2.75) is 69.9 Å². The number of thiazole rings is 1. The van der Waals surface area contributed by atoms with Crippen molar-refractivity contribution in [3.8, 4) is 0 Å². The molecule has 5 nitrogen and oxygen atoms in total. The van der Waals surface area contributed by atoms with Gasteiger partial charge in [0.2, 0.25) is 0 Å². The average Bonchev–Trinajstić information content (AvgIpc) is 3.12. The van der Waals surface area contributed by atoms with Gasteiger partial charge >= 0.3 is 0 Å². The molecule has 0 aromatic carbocycles. The average molecular weight is 377 g/mol. The summed E-state index contributed by atoms with van der Waals surface area (Å²) in [6, 6.07) is 0. The Morgan fingerprint density at radius 3 is 2.77 bits per heavy atom. The van der Waals surface area contributed by atoms with E-state index in [1.165, 1.54) is 23.4 Å². The SMILES string of the molecule is COCCn1c2c(s/c1=N\C(=O)C13CC4CC(CC(O)(C4)C1)C3)CCC2. The van der Waals surface area contributed by atoms with Gasteiger partial charge in [0.05, 0.1) is 17.6 Å². The standard InChI is InChI=1S/C20H28N2O3S/c1-25-6-5-22-15-3-2-4-16(15)26-18(22)21-17(23)19-8-13-7-14(9-19)11-20(24,10-13)12-19/h13-14,24H,2-12H2,1H3/b21-18-. The van der Waals surface area contributed by atoms with Gasteiger partial charge < -0.3 is 14.4 Å². The largest absolute Gasteiger partial charge is 0.390 e. The van der Waals surface area contributed by atoms with Crippen molar-refractivity contribution in [2.75, 3.05) is 13.7 Å². The van der Waals surface area contributed by atoms with Crippen molar-refractivity contribution >= 4 is 17.2 Å². The minimum atomic E-state index is -0.613. The highest BCUT2D eigenvalue weighted by Gasteiger charge is 2.60. The van der Waals surface area contributed by atoms with E-state index in [1.54, 1.807) is 18.4 Å². The van der Waals surface area contributed by atoms with Crippen LogP contribution < -0.4 is 4.80 Å². The Balaban J connectivity index is 1.50. The van der Waals surface area contributed by atoms with E-state index in [2.05, 4.69) is 9.56 Å². The van der Waals surface area contributed by atoms with Gasteiger partial charge in [0.1, 0.15) is 0 Å². The molecule has 26 heavy (non-hydrogen) atoms. The maximum Gasteiger partial charge on any atom is 0.254 e. The fourth-order valence-corrected chi connectivity index (χ4v) is 7.78. The lowest BCUT2D eigenvalue weighted by Crippen LogP contribution is -2.58. The molecule has 5 aliphatic rings. The summed E-state index contributed by atoms with van der Waals surface area (Å²) in [6.07, 6.45) is 8.83. The summed E-state index contributed by atoms with van der Waals surface area (Å²) in [7, 11) is 1.71. The van der Waals surface area contributed by atoms with Crippen LogP contribution in [0.1, 0.15) is 55.5 Å². The van der Waals surface area contributed by atoms with E-state index in [-0.39, 0.29) is 5.91 Å². The third-order valence-corrected chi connectivity index (χ3v) is 8.29. The van der Waals surface area contributed by atoms with E-state index < -0.39 is 11.0 Å². The highest BCUT2D eigenvalue weighted by atomic mass is 32.1. The van der Waals surface area contributed by atoms with Crippen molar-refractivity contribution < 1.29 is 14.6 Å². The van der Waals surface area contributed by atoms with Gasteiger partial charge in [-0.1, -0.05) is 0 Å². The number of nitrogens with zero attached hydrogens (tertiary/aromatic N) is 2. The number of rotatable bonds is 4. The maximum atomic E-state index is 13.3. The summed E-state index contributed by atoms with van der Waals surface area (Å²) < 4.78 is 7.48. The van der Waals surface area contributed by atoms with Crippen molar-refractivity contribution in [2.24, 2.45) is 22.2 Å². The summed E-state index contributed by atoms with van der Waals surface area (Å²) in [4.78, 5) is 20.3. The van der Waals surface area contributed by atoms with Crippen LogP contribution in [0.15, 0.2) is 4.99 Å². The number of aromatic nitrogens is 1. The normalized spacial score (nSPS) is 38.2. The highest BCUT2D eigenvalue weighted by molar-refractivity contribution is 7.09. The molecule has 0 spiro atoms. The Labute approximate surface area is 158 Å². The van der Waals surface area contributed by atoms with Gasteiger partial charge in [-0.25, -0.2) is 0 Å². The first-order valence-corrected chi connectivity index (χ1v) is 10.8. The molecule has 4 bridgehead atoms. The molecular formula is C20H28N2O3S. The van der Waals surface area contributed by atoms with Gasteiger partial charge in [-0.3, -0.25) is 4.79 Å². The van der Waals surface area contributed by atoms with Gasteiger partial charge in [0, 0.05) is 24.2 Å². The number of carbonyl (C=O) groups excluding carboxylic acids is 1. The molecule has 4 saturated carbocycles. The molecule has 6 rings (SSSR count). The van der Waals surface area contributed by atoms with Crippen molar-refractivity contribution in [3.05, 3.63) is 15.4 Å². The third kappa shape index (κ3) is 2.64. The molecule has 4 fully saturated rings. The summed E-state index contributed by atoms with van der Waals surface area (Å²) in [5, 5.41) is 10.9. The summed E-state index contributed by atoms with van der Waals surface area (Å²) in [5.41, 5.74) is 0.327. The number of amides is 1. The molecule has 0 saturated heterocycles. The van der Waals surface area contributed by atoms with Crippen LogP contribution in [-0.2, 0) is 28.9 Å². The lowest BCUT2D eigenvalue weighted by Gasteiger charge is -2.58. The molecule has 1 aromatic heterocycles. The second-order valence-electron chi connectivity index (χ2n) is 9.14. The number of fused-ring (bicyclic) bond motifs is 1. The lowest BCUT2D eigenvalue weighted by molar-refractivity contribution is -0.175. The first-order valence-electron chi connectivity index (χ1n) is 10.0. The molecule has 5 aliphatic carbocycles. The monoisotopic (exact) mass is 376 g/mol. The Morgan fingerprint density at radius 1 is 1.31 bits per heavy atom. The fourth-order valence-electron chi connectivity index (χ4n) is 6.54. The van der Waals surface area contributed by atoms with E-state index in [9.17, 15) is 9.90 Å². The fraction of sp³-hybridized carbons (Fsp3) is 0.800. The summed E-state index contributed by atoms with van der Waals surface area (Å²) >= 11 is 1.69. The number of aliphatic hydroxyl groups is 1. The zero-order valence-electron chi connectivity index (χ0n) is 15.5. The van der Waals surface area contributed by atoms with Crippen LogP contribution >= 0.6 is 11.3 Å². The van der Waals surface area contributed by atoms with Crippen LogP contribution in [0.5, 0.6) is 0 Å². The van der Waals surface area contributed by atoms with Gasteiger partial charge in [0.15, 0.2) is 4.80 Å². The first-order chi connectivity index (χ1) is 12.5. The van der Waals surface area contributed by atoms with Crippen LogP contribution in [0.2, 0.25) is 0 Å². The van der Waals surface area contributed by atoms with Crippen LogP contribution in [0.3, 0.4) is 0 Å². The third-order valence-electron chi connectivity index (χ3n) is 7.11. The number of hydrogen-bond donors (Lipinski definition) is 1. The maximum absolute atomic E-state index is 13.3. The van der Waals surface area contributed by atoms with E-state index in [0.29, 0.717) is 24.9 Å². The van der Waals surface area contributed by atoms with Crippen LogP contribution in [0.4, 0.5) is 0 Å². The van der Waals surface area contributed by atoms with E-state index >= 15 is 0 Å². The smallest absolute Gasteiger partial charge is 0.254 e. The molecule has 142 valence electrons. The van der Waals surface area contributed by atoms with Crippen LogP contribution in [-0.4, -0.2) is 34.9 Å². The zero-order chi connectivity index (χ0) is 17.9. The second kappa shape index (κ2) is 6.01. The Kier molecular flexibility index (Phi) is 3.96. The predicted molar refractivity (Wildman–Crippen MR) is 98.8 cm³/mol. The molecule has 1 heterocycles. The molecule has 6 heteroatoms. The number of hydrogen-bond acceptors (Lipinski definition) is 4. The van der Waals surface area contributed by atoms with Crippen molar-refractivity contribution in [1.29, 1.82) is 0 Å². The molecule has 0 radical (unpaired) electrons. The Hall–Kier alpha value is -0.980. The number of carbonyl (C=O) groups is 1. The van der Waals surface area contributed by atoms with Gasteiger partial charge in [-0.05, 0) is 69.6 Å². The van der Waals surface area contributed by atoms with Gasteiger partial charge in [-0.2, -0.15) is 4.99 Å². The molecule has 0 aliphatic heterocycles. The van der Waals surface area contributed by atoms with E-state index in [1.807, 2.05) is 0 Å². The van der Waals surface area contributed by atoms with Gasteiger partial charge in [0.25, 0.3) is 5.91 Å². The van der Waals surface area contributed by atoms with Crippen LogP contribution in [0, 0.1) is 17.3 Å². The van der Waals surface area contributed by atoms with Crippen molar-refractivity contribution in [1.82, 2.24) is 4.57 Å².